The smallest absolute Gasteiger partial charge is 0.125 e. The molecular formula is C15H18ClFN2O. The zero-order valence-corrected chi connectivity index (χ0v) is 12.3. The highest BCUT2D eigenvalue weighted by atomic mass is 35.5. The quantitative estimate of drug-likeness (QED) is 0.760. The van der Waals surface area contributed by atoms with E-state index >= 15 is 0 Å². The Morgan fingerprint density at radius 3 is 2.90 bits per heavy atom. The molecule has 0 unspecified atom stereocenters. The van der Waals surface area contributed by atoms with Crippen LogP contribution in [0.4, 0.5) is 4.39 Å². The molecule has 1 heterocycles. The Morgan fingerprint density at radius 1 is 1.45 bits per heavy atom. The summed E-state index contributed by atoms with van der Waals surface area (Å²) in [6.45, 7) is 1.66. The summed E-state index contributed by atoms with van der Waals surface area (Å²) >= 11 is 6.00. The van der Waals surface area contributed by atoms with Crippen LogP contribution in [0.15, 0.2) is 18.2 Å². The molecular weight excluding hydrogens is 279 g/mol. The van der Waals surface area contributed by atoms with E-state index < -0.39 is 0 Å². The molecule has 0 atom stereocenters. The van der Waals surface area contributed by atoms with Crippen LogP contribution in [0, 0.1) is 11.2 Å². The van der Waals surface area contributed by atoms with Crippen molar-refractivity contribution in [3.05, 3.63) is 29.8 Å². The fourth-order valence-electron chi connectivity index (χ4n) is 2.75. The summed E-state index contributed by atoms with van der Waals surface area (Å²) in [7, 11) is 1.73. The largest absolute Gasteiger partial charge is 0.385 e. The van der Waals surface area contributed by atoms with Crippen LogP contribution in [-0.4, -0.2) is 23.3 Å². The number of nitrogens with zero attached hydrogens (tertiary/aromatic N) is 2. The highest BCUT2D eigenvalue weighted by Gasteiger charge is 2.42. The molecule has 0 saturated heterocycles. The molecule has 0 bridgehead atoms. The highest BCUT2D eigenvalue weighted by Crippen LogP contribution is 2.50. The molecule has 1 fully saturated rings. The van der Waals surface area contributed by atoms with E-state index in [0.29, 0.717) is 16.8 Å². The number of hydrogen-bond donors (Lipinski definition) is 0. The van der Waals surface area contributed by atoms with Crippen molar-refractivity contribution >= 4 is 22.6 Å². The number of halogens is 2. The van der Waals surface area contributed by atoms with Gasteiger partial charge in [0.1, 0.15) is 11.6 Å². The van der Waals surface area contributed by atoms with Gasteiger partial charge in [0, 0.05) is 26.3 Å². The van der Waals surface area contributed by atoms with Gasteiger partial charge in [-0.1, -0.05) is 0 Å². The van der Waals surface area contributed by atoms with Crippen LogP contribution in [0.1, 0.15) is 25.1 Å². The fraction of sp³-hybridized carbons (Fsp3) is 0.533. The first-order chi connectivity index (χ1) is 9.67. The number of fused-ring (bicyclic) bond motifs is 1. The van der Waals surface area contributed by atoms with E-state index in [2.05, 4.69) is 9.55 Å². The molecule has 3 rings (SSSR count). The Morgan fingerprint density at radius 2 is 2.25 bits per heavy atom. The van der Waals surface area contributed by atoms with E-state index in [1.54, 1.807) is 13.2 Å². The zero-order valence-electron chi connectivity index (χ0n) is 11.5. The van der Waals surface area contributed by atoms with Crippen molar-refractivity contribution in [2.24, 2.45) is 5.41 Å². The van der Waals surface area contributed by atoms with Gasteiger partial charge < -0.3 is 9.30 Å². The molecule has 2 aromatic rings. The van der Waals surface area contributed by atoms with E-state index in [-0.39, 0.29) is 5.82 Å². The van der Waals surface area contributed by atoms with Crippen molar-refractivity contribution in [1.82, 2.24) is 9.55 Å². The van der Waals surface area contributed by atoms with Crippen LogP contribution in [0.2, 0.25) is 0 Å². The lowest BCUT2D eigenvalue weighted by atomic mass is 10.0. The normalized spacial score (nSPS) is 16.8. The maximum absolute atomic E-state index is 13.3. The summed E-state index contributed by atoms with van der Waals surface area (Å²) in [5, 5.41) is 0. The first kappa shape index (κ1) is 13.8. The third-order valence-corrected chi connectivity index (χ3v) is 4.44. The number of hydrogen-bond acceptors (Lipinski definition) is 2. The molecule has 0 aliphatic heterocycles. The molecule has 3 nitrogen and oxygen atoms in total. The van der Waals surface area contributed by atoms with Crippen LogP contribution in [-0.2, 0) is 17.2 Å². The number of ether oxygens (including phenoxy) is 1. The van der Waals surface area contributed by atoms with Gasteiger partial charge in [-0.25, -0.2) is 9.37 Å². The van der Waals surface area contributed by atoms with Crippen molar-refractivity contribution in [2.75, 3.05) is 13.7 Å². The molecule has 1 aliphatic rings. The molecule has 0 amide bonds. The lowest BCUT2D eigenvalue weighted by Gasteiger charge is -2.17. The monoisotopic (exact) mass is 296 g/mol. The van der Waals surface area contributed by atoms with E-state index in [1.807, 2.05) is 0 Å². The molecule has 1 saturated carbocycles. The Hall–Kier alpha value is -1.13. The SMILES string of the molecule is COCCC1(Cn2c(CCl)nc3cc(F)ccc32)CC1. The molecule has 0 spiro atoms. The predicted octanol–water partition coefficient (Wildman–Crippen LogP) is 3.73. The number of imidazole rings is 1. The van der Waals surface area contributed by atoms with Crippen molar-refractivity contribution in [3.8, 4) is 0 Å². The van der Waals surface area contributed by atoms with E-state index in [0.717, 1.165) is 30.9 Å². The van der Waals surface area contributed by atoms with Crippen molar-refractivity contribution in [1.29, 1.82) is 0 Å². The highest BCUT2D eigenvalue weighted by molar-refractivity contribution is 6.16. The van der Waals surface area contributed by atoms with Crippen LogP contribution < -0.4 is 0 Å². The first-order valence-electron chi connectivity index (χ1n) is 6.87. The third kappa shape index (κ3) is 2.54. The van der Waals surface area contributed by atoms with Gasteiger partial charge in [-0.3, -0.25) is 0 Å². The molecule has 1 aliphatic carbocycles. The number of methoxy groups -OCH3 is 1. The van der Waals surface area contributed by atoms with Gasteiger partial charge in [0.2, 0.25) is 0 Å². The average molecular weight is 297 g/mol. The van der Waals surface area contributed by atoms with E-state index in [4.69, 9.17) is 16.3 Å². The van der Waals surface area contributed by atoms with Crippen molar-refractivity contribution in [2.45, 2.75) is 31.7 Å². The molecule has 108 valence electrons. The molecule has 1 aromatic heterocycles. The second-order valence-corrected chi connectivity index (χ2v) is 5.89. The van der Waals surface area contributed by atoms with Gasteiger partial charge in [0.15, 0.2) is 0 Å². The van der Waals surface area contributed by atoms with Crippen LogP contribution in [0.3, 0.4) is 0 Å². The van der Waals surface area contributed by atoms with Gasteiger partial charge in [-0.05, 0) is 36.8 Å². The summed E-state index contributed by atoms with van der Waals surface area (Å²) in [5.41, 5.74) is 1.95. The van der Waals surface area contributed by atoms with Crippen LogP contribution in [0.5, 0.6) is 0 Å². The minimum atomic E-state index is -0.260. The van der Waals surface area contributed by atoms with E-state index in [1.165, 1.54) is 25.0 Å². The van der Waals surface area contributed by atoms with E-state index in [9.17, 15) is 4.39 Å². The molecule has 20 heavy (non-hydrogen) atoms. The predicted molar refractivity (Wildman–Crippen MR) is 77.4 cm³/mol. The minimum absolute atomic E-state index is 0.260. The Labute approximate surface area is 122 Å². The molecule has 5 heteroatoms. The number of aromatic nitrogens is 2. The zero-order chi connectivity index (χ0) is 14.2. The maximum atomic E-state index is 13.3. The topological polar surface area (TPSA) is 27.1 Å². The van der Waals surface area contributed by atoms with Gasteiger partial charge in [-0.15, -0.1) is 11.6 Å². The third-order valence-electron chi connectivity index (χ3n) is 4.20. The Bertz CT molecular complexity index is 622. The van der Waals surface area contributed by atoms with Crippen molar-refractivity contribution in [3.63, 3.8) is 0 Å². The number of alkyl halides is 1. The number of rotatable bonds is 6. The molecule has 0 N–H and O–H groups in total. The second-order valence-electron chi connectivity index (χ2n) is 5.62. The Kier molecular flexibility index (Phi) is 3.69. The Balaban J connectivity index is 1.94. The standard InChI is InChI=1S/C15H18ClFN2O/c1-20-7-6-15(4-5-15)10-19-13-3-2-11(17)8-12(13)18-14(19)9-16/h2-3,8H,4-7,9-10H2,1H3. The van der Waals surface area contributed by atoms with Crippen LogP contribution >= 0.6 is 11.6 Å². The van der Waals surface area contributed by atoms with Gasteiger partial charge in [-0.2, -0.15) is 0 Å². The lowest BCUT2D eigenvalue weighted by molar-refractivity contribution is 0.167. The minimum Gasteiger partial charge on any atom is -0.385 e. The molecule has 0 radical (unpaired) electrons. The van der Waals surface area contributed by atoms with Crippen LogP contribution in [0.25, 0.3) is 11.0 Å². The fourth-order valence-corrected chi connectivity index (χ4v) is 2.95. The summed E-state index contributed by atoms with van der Waals surface area (Å²) in [6.07, 6.45) is 3.46. The average Bonchev–Trinajstić information content (AvgIpc) is 3.13. The maximum Gasteiger partial charge on any atom is 0.125 e. The summed E-state index contributed by atoms with van der Waals surface area (Å²) in [4.78, 5) is 4.44. The molecule has 1 aromatic carbocycles. The second kappa shape index (κ2) is 5.34. The summed E-state index contributed by atoms with van der Waals surface area (Å²) < 4.78 is 20.6. The summed E-state index contributed by atoms with van der Waals surface area (Å²) in [6, 6.07) is 4.74. The van der Waals surface area contributed by atoms with Gasteiger partial charge in [0.25, 0.3) is 0 Å². The first-order valence-corrected chi connectivity index (χ1v) is 7.40. The van der Waals surface area contributed by atoms with Gasteiger partial charge >= 0.3 is 0 Å². The summed E-state index contributed by atoms with van der Waals surface area (Å²) in [5.74, 6) is 0.899. The van der Waals surface area contributed by atoms with Gasteiger partial charge in [0.05, 0.1) is 16.9 Å². The van der Waals surface area contributed by atoms with Crippen molar-refractivity contribution < 1.29 is 9.13 Å². The number of benzene rings is 1. The lowest BCUT2D eigenvalue weighted by Crippen LogP contribution is -2.15.